The third-order valence-corrected chi connectivity index (χ3v) is 10.1. The van der Waals surface area contributed by atoms with E-state index in [1.807, 2.05) is 72.8 Å². The number of pyridine rings is 1. The number of para-hydroxylation sites is 1. The van der Waals surface area contributed by atoms with Crippen LogP contribution in [0.5, 0.6) is 0 Å². The normalized spacial score (nSPS) is 11.8. The third-order valence-electron chi connectivity index (χ3n) is 8.93. The van der Waals surface area contributed by atoms with Gasteiger partial charge in [-0.15, -0.1) is 11.3 Å². The van der Waals surface area contributed by atoms with Crippen LogP contribution in [-0.4, -0.2) is 19.9 Å². The van der Waals surface area contributed by atoms with E-state index >= 15 is 0 Å². The standard InChI is InChI=1S/C42H24N4OS/c1-3-12-25(13-4-1)37-38-36(30-17-7-9-20-33(30)43-37)32-24-27(22-23-34(32)47-38)41-44-40(26-14-5-2-6-15-26)45-42(46-41)31-19-11-18-29-28-16-8-10-21-35(28)48-39(29)31/h1-24H. The monoisotopic (exact) mass is 632 g/mol. The van der Waals surface area contributed by atoms with Gasteiger partial charge in [0.2, 0.25) is 0 Å². The van der Waals surface area contributed by atoms with Gasteiger partial charge >= 0.3 is 0 Å². The Kier molecular flexibility index (Phi) is 5.98. The zero-order chi connectivity index (χ0) is 31.6. The molecule has 0 unspecified atom stereocenters. The summed E-state index contributed by atoms with van der Waals surface area (Å²) in [5, 5.41) is 5.51. The Morgan fingerprint density at radius 2 is 1.12 bits per heavy atom. The number of rotatable bonds is 4. The predicted molar refractivity (Wildman–Crippen MR) is 197 cm³/mol. The maximum absolute atomic E-state index is 6.59. The summed E-state index contributed by atoms with van der Waals surface area (Å²) >= 11 is 1.77. The second-order valence-electron chi connectivity index (χ2n) is 11.8. The Morgan fingerprint density at radius 1 is 0.458 bits per heavy atom. The zero-order valence-corrected chi connectivity index (χ0v) is 26.3. The van der Waals surface area contributed by atoms with Gasteiger partial charge in [-0.3, -0.25) is 0 Å². The molecule has 0 fully saturated rings. The third kappa shape index (κ3) is 4.24. The van der Waals surface area contributed by atoms with Crippen molar-refractivity contribution in [2.75, 3.05) is 0 Å². The highest BCUT2D eigenvalue weighted by molar-refractivity contribution is 7.26. The first kappa shape index (κ1) is 26.9. The molecular formula is C42H24N4OS. The number of fused-ring (bicyclic) bond motifs is 8. The van der Waals surface area contributed by atoms with Crippen molar-refractivity contribution in [1.82, 2.24) is 19.9 Å². The molecule has 0 atom stereocenters. The number of hydrogen-bond donors (Lipinski definition) is 0. The molecule has 4 heterocycles. The van der Waals surface area contributed by atoms with E-state index in [-0.39, 0.29) is 0 Å². The lowest BCUT2D eigenvalue weighted by Crippen LogP contribution is -2.00. The minimum atomic E-state index is 0.606. The van der Waals surface area contributed by atoms with Crippen molar-refractivity contribution in [3.63, 3.8) is 0 Å². The van der Waals surface area contributed by atoms with Gasteiger partial charge in [0.05, 0.1) is 5.52 Å². The molecular weight excluding hydrogens is 609 g/mol. The highest BCUT2D eigenvalue weighted by atomic mass is 32.1. The van der Waals surface area contributed by atoms with Gasteiger partial charge in [0.25, 0.3) is 0 Å². The van der Waals surface area contributed by atoms with Gasteiger partial charge in [-0.05, 0) is 36.4 Å². The van der Waals surface area contributed by atoms with Gasteiger partial charge < -0.3 is 4.42 Å². The van der Waals surface area contributed by atoms with Gasteiger partial charge in [0.1, 0.15) is 11.3 Å². The van der Waals surface area contributed by atoms with E-state index in [1.54, 1.807) is 11.3 Å². The molecule has 6 aromatic carbocycles. The van der Waals surface area contributed by atoms with E-state index in [1.165, 1.54) is 20.2 Å². The molecule has 10 rings (SSSR count). The van der Waals surface area contributed by atoms with E-state index < -0.39 is 0 Å². The number of furan rings is 1. The maximum Gasteiger partial charge on any atom is 0.165 e. The Labute approximate surface area is 278 Å². The van der Waals surface area contributed by atoms with Crippen molar-refractivity contribution in [2.45, 2.75) is 0 Å². The fraction of sp³-hybridized carbons (Fsp3) is 0. The molecule has 0 saturated carbocycles. The summed E-state index contributed by atoms with van der Waals surface area (Å²) in [4.78, 5) is 20.3. The highest BCUT2D eigenvalue weighted by Gasteiger charge is 2.20. The van der Waals surface area contributed by atoms with Crippen LogP contribution in [0.2, 0.25) is 0 Å². The van der Waals surface area contributed by atoms with Crippen molar-refractivity contribution in [2.24, 2.45) is 0 Å². The highest BCUT2D eigenvalue weighted by Crippen LogP contribution is 2.42. The Hall–Kier alpha value is -6.24. The van der Waals surface area contributed by atoms with Crippen LogP contribution in [0.1, 0.15) is 0 Å². The fourth-order valence-corrected chi connectivity index (χ4v) is 7.89. The molecule has 0 amide bonds. The summed E-state index contributed by atoms with van der Waals surface area (Å²) in [5.74, 6) is 1.89. The Morgan fingerprint density at radius 3 is 1.96 bits per heavy atom. The summed E-state index contributed by atoms with van der Waals surface area (Å²) in [5.41, 5.74) is 7.13. The number of aromatic nitrogens is 4. The molecule has 0 N–H and O–H groups in total. The number of nitrogens with zero attached hydrogens (tertiary/aromatic N) is 4. The lowest BCUT2D eigenvalue weighted by atomic mass is 10.0. The second-order valence-corrected chi connectivity index (χ2v) is 12.9. The van der Waals surface area contributed by atoms with Crippen LogP contribution in [0, 0.1) is 0 Å². The van der Waals surface area contributed by atoms with Crippen LogP contribution in [0.3, 0.4) is 0 Å². The molecule has 6 heteroatoms. The van der Waals surface area contributed by atoms with E-state index in [0.29, 0.717) is 17.5 Å². The number of hydrogen-bond acceptors (Lipinski definition) is 6. The first-order chi connectivity index (χ1) is 23.8. The molecule has 10 aromatic rings. The molecule has 0 bridgehead atoms. The summed E-state index contributed by atoms with van der Waals surface area (Å²) in [6, 6.07) is 49.7. The fourth-order valence-electron chi connectivity index (χ4n) is 6.68. The topological polar surface area (TPSA) is 64.7 Å². The summed E-state index contributed by atoms with van der Waals surface area (Å²) < 4.78 is 8.99. The molecule has 48 heavy (non-hydrogen) atoms. The van der Waals surface area contributed by atoms with E-state index in [2.05, 4.69) is 72.8 Å². The van der Waals surface area contributed by atoms with Crippen LogP contribution in [0.25, 0.3) is 98.4 Å². The van der Waals surface area contributed by atoms with Crippen molar-refractivity contribution >= 4 is 64.4 Å². The van der Waals surface area contributed by atoms with Gasteiger partial charge in [-0.25, -0.2) is 19.9 Å². The Bertz CT molecular complexity index is 2840. The van der Waals surface area contributed by atoms with Crippen LogP contribution < -0.4 is 0 Å². The lowest BCUT2D eigenvalue weighted by Gasteiger charge is -2.09. The molecule has 0 aliphatic heterocycles. The van der Waals surface area contributed by atoms with Gasteiger partial charge in [-0.1, -0.05) is 109 Å². The van der Waals surface area contributed by atoms with Crippen molar-refractivity contribution in [3.8, 4) is 45.4 Å². The summed E-state index contributed by atoms with van der Waals surface area (Å²) in [6.07, 6.45) is 0. The van der Waals surface area contributed by atoms with Crippen LogP contribution in [-0.2, 0) is 0 Å². The lowest BCUT2D eigenvalue weighted by molar-refractivity contribution is 0.669. The SMILES string of the molecule is c1ccc(-c2nc(-c3ccc4oc5c(-c6ccccc6)nc6ccccc6c5c4c3)nc(-c3cccc4c3sc3ccccc34)n2)cc1. The molecule has 0 saturated heterocycles. The molecule has 5 nitrogen and oxygen atoms in total. The van der Waals surface area contributed by atoms with E-state index in [0.717, 1.165) is 60.8 Å². The molecule has 0 spiro atoms. The Balaban J connectivity index is 1.23. The van der Waals surface area contributed by atoms with Gasteiger partial charge in [-0.2, -0.15) is 0 Å². The maximum atomic E-state index is 6.59. The van der Waals surface area contributed by atoms with E-state index in [9.17, 15) is 0 Å². The minimum Gasteiger partial charge on any atom is -0.454 e. The molecule has 0 aliphatic carbocycles. The summed E-state index contributed by atoms with van der Waals surface area (Å²) in [7, 11) is 0. The van der Waals surface area contributed by atoms with Crippen molar-refractivity contribution in [3.05, 3.63) is 146 Å². The number of thiophene rings is 1. The molecule has 0 aliphatic rings. The predicted octanol–water partition coefficient (Wildman–Crippen LogP) is 11.4. The summed E-state index contributed by atoms with van der Waals surface area (Å²) in [6.45, 7) is 0. The number of benzene rings is 6. The van der Waals surface area contributed by atoms with Crippen LogP contribution >= 0.6 is 11.3 Å². The van der Waals surface area contributed by atoms with Crippen LogP contribution in [0.4, 0.5) is 0 Å². The van der Waals surface area contributed by atoms with Crippen molar-refractivity contribution < 1.29 is 4.42 Å². The van der Waals surface area contributed by atoms with Crippen molar-refractivity contribution in [1.29, 1.82) is 0 Å². The van der Waals surface area contributed by atoms with Gasteiger partial charge in [0.15, 0.2) is 23.1 Å². The first-order valence-corrected chi connectivity index (χ1v) is 16.6. The second kappa shape index (κ2) is 10.7. The quantitative estimate of drug-likeness (QED) is 0.193. The molecule has 4 aromatic heterocycles. The molecule has 224 valence electrons. The van der Waals surface area contributed by atoms with Crippen LogP contribution in [0.15, 0.2) is 150 Å². The largest absolute Gasteiger partial charge is 0.454 e. The molecule has 0 radical (unpaired) electrons. The smallest absolute Gasteiger partial charge is 0.165 e. The first-order valence-electron chi connectivity index (χ1n) is 15.8. The minimum absolute atomic E-state index is 0.606. The van der Waals surface area contributed by atoms with Gasteiger partial charge in [0, 0.05) is 58.6 Å². The average molecular weight is 633 g/mol. The van der Waals surface area contributed by atoms with E-state index in [4.69, 9.17) is 24.4 Å². The zero-order valence-electron chi connectivity index (χ0n) is 25.5. The average Bonchev–Trinajstić information content (AvgIpc) is 3.74.